The van der Waals surface area contributed by atoms with Crippen LogP contribution in [0.3, 0.4) is 0 Å². The Morgan fingerprint density at radius 3 is 2.83 bits per heavy atom. The Hall–Kier alpha value is -3.36. The van der Waals surface area contributed by atoms with Gasteiger partial charge in [0.05, 0.1) is 26.6 Å². The number of hydrogen-bond donors (Lipinski definition) is 2. The van der Waals surface area contributed by atoms with Crippen LogP contribution < -0.4 is 19.7 Å². The molecule has 1 aliphatic heterocycles. The molecule has 2 atom stereocenters. The number of anilines is 1. The first kappa shape index (κ1) is 18.7. The Morgan fingerprint density at radius 1 is 1.17 bits per heavy atom. The molecule has 3 aromatic rings. The Bertz CT molecular complexity index is 1100. The van der Waals surface area contributed by atoms with E-state index in [4.69, 9.17) is 9.47 Å². The molecule has 0 spiro atoms. The summed E-state index contributed by atoms with van der Waals surface area (Å²) in [5, 5.41) is 3.26. The van der Waals surface area contributed by atoms with E-state index in [0.717, 1.165) is 54.9 Å². The number of nitrogens with one attached hydrogen (secondary N) is 2. The summed E-state index contributed by atoms with van der Waals surface area (Å²) in [4.78, 5) is 31.2. The minimum atomic E-state index is -0.268. The summed E-state index contributed by atoms with van der Waals surface area (Å²) in [5.74, 6) is 2.15. The van der Waals surface area contributed by atoms with Gasteiger partial charge in [0.2, 0.25) is 5.91 Å². The van der Waals surface area contributed by atoms with Crippen LogP contribution in [0.2, 0.25) is 0 Å². The number of benzene rings is 1. The molecule has 1 unspecified atom stereocenters. The predicted molar refractivity (Wildman–Crippen MR) is 111 cm³/mol. The summed E-state index contributed by atoms with van der Waals surface area (Å²) in [6.07, 6.45) is 6.59. The number of aromatic nitrogens is 4. The average Bonchev–Trinajstić information content (AvgIpc) is 3.51. The third kappa shape index (κ3) is 3.01. The molecular formula is C21H24N6O3. The SMILES string of the molecule is COc1cc2c(cc1OC)C(NC(=O)[C@H]1CCCN1c1ncnc3nc[nH]c13)CC2. The number of amides is 1. The van der Waals surface area contributed by atoms with E-state index < -0.39 is 0 Å². The minimum absolute atomic E-state index is 0.0198. The predicted octanol–water partition coefficient (Wildman–Crippen LogP) is 2.14. The molecule has 5 rings (SSSR count). The van der Waals surface area contributed by atoms with E-state index in [9.17, 15) is 4.79 Å². The maximum atomic E-state index is 13.3. The zero-order chi connectivity index (χ0) is 20.7. The largest absolute Gasteiger partial charge is 0.493 e. The van der Waals surface area contributed by atoms with Crippen molar-refractivity contribution in [3.05, 3.63) is 35.9 Å². The van der Waals surface area contributed by atoms with Crippen molar-refractivity contribution in [2.45, 2.75) is 37.8 Å². The maximum absolute atomic E-state index is 13.3. The molecule has 2 N–H and O–H groups in total. The van der Waals surface area contributed by atoms with Crippen LogP contribution in [0, 0.1) is 0 Å². The average molecular weight is 408 g/mol. The highest BCUT2D eigenvalue weighted by molar-refractivity contribution is 5.90. The molecule has 156 valence electrons. The number of methoxy groups -OCH3 is 2. The topological polar surface area (TPSA) is 105 Å². The Labute approximate surface area is 173 Å². The third-order valence-corrected chi connectivity index (χ3v) is 6.07. The molecule has 0 saturated carbocycles. The van der Waals surface area contributed by atoms with Crippen molar-refractivity contribution < 1.29 is 14.3 Å². The Morgan fingerprint density at radius 2 is 2.00 bits per heavy atom. The van der Waals surface area contributed by atoms with Crippen LogP contribution in [0.4, 0.5) is 5.82 Å². The van der Waals surface area contributed by atoms with E-state index in [0.29, 0.717) is 11.4 Å². The fourth-order valence-electron chi connectivity index (χ4n) is 4.61. The first-order valence-corrected chi connectivity index (χ1v) is 10.2. The Balaban J connectivity index is 1.38. The van der Waals surface area contributed by atoms with Gasteiger partial charge in [0.15, 0.2) is 23.0 Å². The number of ether oxygens (including phenoxy) is 2. The van der Waals surface area contributed by atoms with Crippen molar-refractivity contribution in [2.24, 2.45) is 0 Å². The van der Waals surface area contributed by atoms with Crippen molar-refractivity contribution >= 4 is 22.9 Å². The lowest BCUT2D eigenvalue weighted by molar-refractivity contribution is -0.122. The molecule has 1 fully saturated rings. The van der Waals surface area contributed by atoms with Gasteiger partial charge in [-0.25, -0.2) is 15.0 Å². The summed E-state index contributed by atoms with van der Waals surface area (Å²) < 4.78 is 10.9. The molecule has 1 saturated heterocycles. The van der Waals surface area contributed by atoms with Crippen molar-refractivity contribution in [3.63, 3.8) is 0 Å². The van der Waals surface area contributed by atoms with Crippen molar-refractivity contribution in [1.82, 2.24) is 25.3 Å². The molecule has 0 bridgehead atoms. The number of carbonyl (C=O) groups excluding carboxylic acids is 1. The molecule has 2 aromatic heterocycles. The van der Waals surface area contributed by atoms with Crippen LogP contribution in [-0.4, -0.2) is 52.6 Å². The smallest absolute Gasteiger partial charge is 0.243 e. The van der Waals surface area contributed by atoms with E-state index >= 15 is 0 Å². The number of nitrogens with zero attached hydrogens (tertiary/aromatic N) is 4. The number of aromatic amines is 1. The van der Waals surface area contributed by atoms with Gasteiger partial charge in [-0.05, 0) is 48.9 Å². The number of imidazole rings is 1. The van der Waals surface area contributed by atoms with Crippen LogP contribution in [-0.2, 0) is 11.2 Å². The third-order valence-electron chi connectivity index (χ3n) is 6.07. The molecule has 1 amide bonds. The van der Waals surface area contributed by atoms with Gasteiger partial charge in [-0.3, -0.25) is 4.79 Å². The molecule has 30 heavy (non-hydrogen) atoms. The maximum Gasteiger partial charge on any atom is 0.243 e. The van der Waals surface area contributed by atoms with Gasteiger partial charge in [-0.15, -0.1) is 0 Å². The number of rotatable bonds is 5. The lowest BCUT2D eigenvalue weighted by Gasteiger charge is -2.26. The van der Waals surface area contributed by atoms with Crippen LogP contribution in [0.25, 0.3) is 11.2 Å². The van der Waals surface area contributed by atoms with Crippen molar-refractivity contribution in [1.29, 1.82) is 0 Å². The number of carbonyl (C=O) groups is 1. The molecule has 1 aliphatic carbocycles. The minimum Gasteiger partial charge on any atom is -0.493 e. The second-order valence-electron chi connectivity index (χ2n) is 7.66. The second-order valence-corrected chi connectivity index (χ2v) is 7.66. The van der Waals surface area contributed by atoms with Gasteiger partial charge in [-0.2, -0.15) is 0 Å². The van der Waals surface area contributed by atoms with Crippen molar-refractivity contribution in [2.75, 3.05) is 25.7 Å². The highest BCUT2D eigenvalue weighted by Gasteiger charge is 2.35. The van der Waals surface area contributed by atoms with E-state index in [1.165, 1.54) is 11.9 Å². The molecule has 9 nitrogen and oxygen atoms in total. The Kier molecular flexibility index (Phi) is 4.65. The molecule has 9 heteroatoms. The fraction of sp³-hybridized carbons (Fsp3) is 0.429. The van der Waals surface area contributed by atoms with Gasteiger partial charge in [-0.1, -0.05) is 0 Å². The summed E-state index contributed by atoms with van der Waals surface area (Å²) >= 11 is 0. The van der Waals surface area contributed by atoms with Crippen LogP contribution >= 0.6 is 0 Å². The first-order chi connectivity index (χ1) is 14.7. The number of aryl methyl sites for hydroxylation is 1. The molecule has 0 radical (unpaired) electrons. The highest BCUT2D eigenvalue weighted by Crippen LogP contribution is 2.39. The number of fused-ring (bicyclic) bond motifs is 2. The lowest BCUT2D eigenvalue weighted by Crippen LogP contribution is -2.44. The van der Waals surface area contributed by atoms with Crippen LogP contribution in [0.5, 0.6) is 11.5 Å². The fourth-order valence-corrected chi connectivity index (χ4v) is 4.61. The van der Waals surface area contributed by atoms with Gasteiger partial charge in [0.1, 0.15) is 17.9 Å². The van der Waals surface area contributed by atoms with E-state index in [1.54, 1.807) is 20.5 Å². The van der Waals surface area contributed by atoms with Crippen molar-refractivity contribution in [3.8, 4) is 11.5 Å². The number of hydrogen-bond acceptors (Lipinski definition) is 7. The summed E-state index contributed by atoms with van der Waals surface area (Å²) in [5.41, 5.74) is 3.66. The van der Waals surface area contributed by atoms with Crippen LogP contribution in [0.1, 0.15) is 36.4 Å². The standard InChI is InChI=1S/C21H24N6O3/c1-29-16-8-12-5-6-14(13(12)9-17(16)30-2)26-21(28)15-4-3-7-27(15)20-18-19(23-10-22-18)24-11-25-20/h8-11,14-15H,3-7H2,1-2H3,(H,26,28)(H,22,23,24,25)/t14?,15-/m1/s1. The lowest BCUT2D eigenvalue weighted by atomic mass is 10.1. The van der Waals surface area contributed by atoms with Crippen LogP contribution in [0.15, 0.2) is 24.8 Å². The van der Waals surface area contributed by atoms with E-state index in [2.05, 4.69) is 30.2 Å². The molecule has 1 aromatic carbocycles. The zero-order valence-electron chi connectivity index (χ0n) is 17.0. The van der Waals surface area contributed by atoms with Gasteiger partial charge >= 0.3 is 0 Å². The molecule has 2 aliphatic rings. The van der Waals surface area contributed by atoms with Gasteiger partial charge < -0.3 is 24.7 Å². The molecular weight excluding hydrogens is 384 g/mol. The summed E-state index contributed by atoms with van der Waals surface area (Å²) in [7, 11) is 3.26. The summed E-state index contributed by atoms with van der Waals surface area (Å²) in [6, 6.07) is 3.69. The van der Waals surface area contributed by atoms with Gasteiger partial charge in [0.25, 0.3) is 0 Å². The highest BCUT2D eigenvalue weighted by atomic mass is 16.5. The van der Waals surface area contributed by atoms with Gasteiger partial charge in [0, 0.05) is 6.54 Å². The quantitative estimate of drug-likeness (QED) is 0.666. The zero-order valence-corrected chi connectivity index (χ0v) is 17.0. The number of H-pyrrole nitrogens is 1. The first-order valence-electron chi connectivity index (χ1n) is 10.2. The second kappa shape index (κ2) is 7.47. The van der Waals surface area contributed by atoms with E-state index in [-0.39, 0.29) is 18.0 Å². The normalized spacial score (nSPS) is 20.4. The summed E-state index contributed by atoms with van der Waals surface area (Å²) in [6.45, 7) is 0.773. The monoisotopic (exact) mass is 408 g/mol. The molecule has 3 heterocycles. The van der Waals surface area contributed by atoms with E-state index in [1.807, 2.05) is 12.1 Å².